The molecule has 0 bridgehead atoms. The summed E-state index contributed by atoms with van der Waals surface area (Å²) in [6.45, 7) is 2.26. The average molecular weight is 301 g/mol. The highest BCUT2D eigenvalue weighted by atomic mass is 32.1. The maximum Gasteiger partial charge on any atom is 0.338 e. The van der Waals surface area contributed by atoms with Crippen LogP contribution in [-0.2, 0) is 24.0 Å². The van der Waals surface area contributed by atoms with E-state index in [1.54, 1.807) is 11.3 Å². The Kier molecular flexibility index (Phi) is 4.34. The lowest BCUT2D eigenvalue weighted by Crippen LogP contribution is -2.17. The smallest absolute Gasteiger partial charge is 0.338 e. The van der Waals surface area contributed by atoms with Crippen molar-refractivity contribution in [1.29, 1.82) is 0 Å². The van der Waals surface area contributed by atoms with Gasteiger partial charge in [0.2, 0.25) is 0 Å². The normalized spacial score (nSPS) is 17.3. The monoisotopic (exact) mass is 301 g/mol. The van der Waals surface area contributed by atoms with E-state index in [0.29, 0.717) is 18.1 Å². The zero-order valence-corrected chi connectivity index (χ0v) is 13.0. The van der Waals surface area contributed by atoms with Crippen molar-refractivity contribution in [2.45, 2.75) is 32.6 Å². The number of hydrogen-bond acceptors (Lipinski definition) is 4. The van der Waals surface area contributed by atoms with Crippen molar-refractivity contribution >= 4 is 17.3 Å². The molecule has 0 spiro atoms. The number of rotatable bonds is 4. The van der Waals surface area contributed by atoms with Gasteiger partial charge in [-0.2, -0.15) is 0 Å². The van der Waals surface area contributed by atoms with E-state index in [-0.39, 0.29) is 5.97 Å². The number of esters is 1. The highest BCUT2D eigenvalue weighted by Crippen LogP contribution is 2.29. The Hall–Kier alpha value is -1.68. The van der Waals surface area contributed by atoms with E-state index in [1.165, 1.54) is 22.4 Å². The molecule has 0 saturated carbocycles. The minimum atomic E-state index is -0.216. The van der Waals surface area contributed by atoms with Crippen LogP contribution in [0.1, 0.15) is 39.7 Å². The zero-order valence-electron chi connectivity index (χ0n) is 12.2. The van der Waals surface area contributed by atoms with E-state index < -0.39 is 0 Å². The van der Waals surface area contributed by atoms with Gasteiger partial charge in [0.1, 0.15) is 0 Å². The minimum absolute atomic E-state index is 0.216. The number of benzene rings is 1. The Labute approximate surface area is 129 Å². The number of ether oxygens (including phenoxy) is 1. The molecule has 1 aromatic carbocycles. The fourth-order valence-corrected chi connectivity index (χ4v) is 3.68. The van der Waals surface area contributed by atoms with Gasteiger partial charge in [0.25, 0.3) is 0 Å². The maximum atomic E-state index is 11.8. The van der Waals surface area contributed by atoms with Crippen molar-refractivity contribution in [3.63, 3.8) is 0 Å². The molecule has 0 fully saturated rings. The summed E-state index contributed by atoms with van der Waals surface area (Å²) in [5.74, 6) is 0.471. The summed E-state index contributed by atoms with van der Waals surface area (Å²) in [4.78, 5) is 17.3. The second-order valence-corrected chi connectivity index (χ2v) is 6.46. The van der Waals surface area contributed by atoms with Crippen molar-refractivity contribution in [3.8, 4) is 0 Å². The maximum absolute atomic E-state index is 11.8. The number of thiazole rings is 1. The van der Waals surface area contributed by atoms with Crippen LogP contribution >= 0.6 is 11.3 Å². The summed E-state index contributed by atoms with van der Waals surface area (Å²) in [6, 6.07) is 6.00. The number of carbonyl (C=O) groups excluding carboxylic acids is 1. The largest absolute Gasteiger partial charge is 0.462 e. The molecule has 1 heterocycles. The van der Waals surface area contributed by atoms with Crippen molar-refractivity contribution in [2.75, 3.05) is 6.61 Å². The molecular weight excluding hydrogens is 282 g/mol. The molecule has 1 atom stereocenters. The molecule has 1 aromatic heterocycles. The average Bonchev–Trinajstić information content (AvgIpc) is 3.00. The van der Waals surface area contributed by atoms with Gasteiger partial charge in [-0.1, -0.05) is 6.07 Å². The van der Waals surface area contributed by atoms with Crippen LogP contribution in [-0.4, -0.2) is 17.6 Å². The summed E-state index contributed by atoms with van der Waals surface area (Å²) in [5, 5.41) is 0. The SMILES string of the molecule is CCOC(=O)c1ccc2c(c1)CCC(Cc1cncs1)C2. The molecule has 1 aliphatic rings. The van der Waals surface area contributed by atoms with Crippen LogP contribution in [0.4, 0.5) is 0 Å². The summed E-state index contributed by atoms with van der Waals surface area (Å²) in [7, 11) is 0. The number of nitrogens with zero attached hydrogens (tertiary/aromatic N) is 1. The molecule has 1 unspecified atom stereocenters. The summed E-state index contributed by atoms with van der Waals surface area (Å²) < 4.78 is 5.07. The van der Waals surface area contributed by atoms with E-state index in [4.69, 9.17) is 4.74 Å². The van der Waals surface area contributed by atoms with Crippen molar-refractivity contribution in [3.05, 3.63) is 51.5 Å². The van der Waals surface area contributed by atoms with Crippen LogP contribution in [0.2, 0.25) is 0 Å². The van der Waals surface area contributed by atoms with Crippen molar-refractivity contribution < 1.29 is 9.53 Å². The third-order valence-electron chi connectivity index (χ3n) is 4.02. The van der Waals surface area contributed by atoms with Gasteiger partial charge in [0, 0.05) is 11.1 Å². The molecule has 3 rings (SSSR count). The Morgan fingerprint density at radius 3 is 3.10 bits per heavy atom. The van der Waals surface area contributed by atoms with Gasteiger partial charge in [-0.25, -0.2) is 4.79 Å². The van der Waals surface area contributed by atoms with Crippen molar-refractivity contribution in [2.24, 2.45) is 5.92 Å². The predicted octanol–water partition coefficient (Wildman–Crippen LogP) is 3.67. The molecule has 110 valence electrons. The molecule has 0 aliphatic heterocycles. The van der Waals surface area contributed by atoms with Gasteiger partial charge in [0.15, 0.2) is 0 Å². The third-order valence-corrected chi connectivity index (χ3v) is 4.82. The Balaban J connectivity index is 1.71. The van der Waals surface area contributed by atoms with Crippen LogP contribution in [0.15, 0.2) is 29.9 Å². The fourth-order valence-electron chi connectivity index (χ4n) is 2.97. The van der Waals surface area contributed by atoms with Crippen LogP contribution in [0.3, 0.4) is 0 Å². The van der Waals surface area contributed by atoms with Gasteiger partial charge in [-0.3, -0.25) is 4.98 Å². The van der Waals surface area contributed by atoms with E-state index >= 15 is 0 Å². The van der Waals surface area contributed by atoms with Crippen LogP contribution in [0.25, 0.3) is 0 Å². The number of hydrogen-bond donors (Lipinski definition) is 0. The number of carbonyl (C=O) groups is 1. The highest BCUT2D eigenvalue weighted by molar-refractivity contribution is 7.09. The topological polar surface area (TPSA) is 39.2 Å². The van der Waals surface area contributed by atoms with E-state index in [9.17, 15) is 4.79 Å². The lowest BCUT2D eigenvalue weighted by molar-refractivity contribution is 0.0526. The Morgan fingerprint density at radius 1 is 1.43 bits per heavy atom. The first-order chi connectivity index (χ1) is 10.3. The van der Waals surface area contributed by atoms with Crippen LogP contribution in [0, 0.1) is 5.92 Å². The van der Waals surface area contributed by atoms with Gasteiger partial charge in [-0.15, -0.1) is 11.3 Å². The first-order valence-electron chi connectivity index (χ1n) is 7.42. The lowest BCUT2D eigenvalue weighted by atomic mass is 9.81. The molecule has 21 heavy (non-hydrogen) atoms. The number of fused-ring (bicyclic) bond motifs is 1. The molecule has 1 aliphatic carbocycles. The van der Waals surface area contributed by atoms with Crippen molar-refractivity contribution in [1.82, 2.24) is 4.98 Å². The van der Waals surface area contributed by atoms with Gasteiger partial charge < -0.3 is 4.74 Å². The summed E-state index contributed by atoms with van der Waals surface area (Å²) in [6.07, 6.45) is 6.41. The molecule has 4 heteroatoms. The second kappa shape index (κ2) is 6.39. The molecule has 0 saturated heterocycles. The van der Waals surface area contributed by atoms with E-state index in [2.05, 4.69) is 11.1 Å². The lowest BCUT2D eigenvalue weighted by Gasteiger charge is -2.24. The molecule has 3 nitrogen and oxygen atoms in total. The zero-order chi connectivity index (χ0) is 14.7. The van der Waals surface area contributed by atoms with Gasteiger partial charge in [0.05, 0.1) is 17.7 Å². The van der Waals surface area contributed by atoms with Gasteiger partial charge in [-0.05, 0) is 61.8 Å². The molecule has 2 aromatic rings. The first kappa shape index (κ1) is 14.3. The number of aromatic nitrogens is 1. The summed E-state index contributed by atoms with van der Waals surface area (Å²) in [5.41, 5.74) is 5.26. The first-order valence-corrected chi connectivity index (χ1v) is 8.30. The second-order valence-electron chi connectivity index (χ2n) is 5.48. The molecule has 0 N–H and O–H groups in total. The predicted molar refractivity (Wildman–Crippen MR) is 83.7 cm³/mol. The fraction of sp³-hybridized carbons (Fsp3) is 0.412. The Morgan fingerprint density at radius 2 is 2.33 bits per heavy atom. The number of aryl methyl sites for hydroxylation is 1. The third kappa shape index (κ3) is 3.32. The molecule has 0 radical (unpaired) electrons. The van der Waals surface area contributed by atoms with E-state index in [1.807, 2.05) is 30.8 Å². The van der Waals surface area contributed by atoms with E-state index in [0.717, 1.165) is 19.3 Å². The minimum Gasteiger partial charge on any atom is -0.462 e. The molecule has 0 amide bonds. The quantitative estimate of drug-likeness (QED) is 0.809. The summed E-state index contributed by atoms with van der Waals surface area (Å²) >= 11 is 1.74. The van der Waals surface area contributed by atoms with Crippen LogP contribution in [0.5, 0.6) is 0 Å². The van der Waals surface area contributed by atoms with Gasteiger partial charge >= 0.3 is 5.97 Å². The highest BCUT2D eigenvalue weighted by Gasteiger charge is 2.20. The van der Waals surface area contributed by atoms with Crippen LogP contribution < -0.4 is 0 Å². The molecular formula is C17H19NO2S. The Bertz CT molecular complexity index is 622. The standard InChI is InChI=1S/C17H19NO2S/c1-2-20-17(19)15-6-5-13-7-12(3-4-14(13)9-15)8-16-10-18-11-21-16/h5-6,9-12H,2-4,7-8H2,1H3.